The molecule has 1 saturated carbocycles. The number of aromatic nitrogens is 4. The van der Waals surface area contributed by atoms with Crippen molar-refractivity contribution in [3.8, 4) is 0 Å². The number of nitrogens with zero attached hydrogens (tertiary/aromatic N) is 3. The van der Waals surface area contributed by atoms with Gasteiger partial charge in [0.05, 0.1) is 25.1 Å². The molecule has 3 rings (SSSR count). The predicted octanol–water partition coefficient (Wildman–Crippen LogP) is 11.2. The summed E-state index contributed by atoms with van der Waals surface area (Å²) in [5, 5.41) is 10.8. The van der Waals surface area contributed by atoms with Gasteiger partial charge >= 0.3 is 0 Å². The van der Waals surface area contributed by atoms with E-state index in [1.54, 1.807) is 6.33 Å². The summed E-state index contributed by atoms with van der Waals surface area (Å²) in [6.07, 6.45) is 36.2. The number of nitrogen functional groups attached to an aromatic ring is 1. The van der Waals surface area contributed by atoms with Crippen LogP contribution in [0.25, 0.3) is 11.2 Å². The number of aliphatic hydroxyl groups excluding tert-OH is 1. The van der Waals surface area contributed by atoms with Crippen molar-refractivity contribution in [2.24, 2.45) is 5.92 Å². The highest BCUT2D eigenvalue weighted by Crippen LogP contribution is 2.42. The lowest BCUT2D eigenvalue weighted by atomic mass is 9.94. The van der Waals surface area contributed by atoms with Crippen molar-refractivity contribution in [3.63, 3.8) is 0 Å². The molecule has 1 aliphatic rings. The summed E-state index contributed by atoms with van der Waals surface area (Å²) >= 11 is 0. The number of hydrogen-bond donors (Lipinski definition) is 3. The minimum Gasteiger partial charge on any atom is -0.392 e. The fraction of sp³-hybridized carbons (Fsp3) is 0.786. The van der Waals surface area contributed by atoms with Gasteiger partial charge in [0, 0.05) is 12.3 Å². The summed E-state index contributed by atoms with van der Waals surface area (Å²) in [4.78, 5) is 34.0. The van der Waals surface area contributed by atoms with Gasteiger partial charge in [0.2, 0.25) is 5.95 Å². The maximum atomic E-state index is 12.2. The zero-order valence-electron chi connectivity index (χ0n) is 32.3. The summed E-state index contributed by atoms with van der Waals surface area (Å²) in [6.45, 7) is 11.3. The van der Waals surface area contributed by atoms with E-state index in [0.717, 1.165) is 43.4 Å². The van der Waals surface area contributed by atoms with Crippen molar-refractivity contribution in [3.05, 3.63) is 41.2 Å². The summed E-state index contributed by atoms with van der Waals surface area (Å²) in [5.41, 5.74) is 7.12. The van der Waals surface area contributed by atoms with Gasteiger partial charge < -0.3 is 20.3 Å². The van der Waals surface area contributed by atoms with E-state index in [4.69, 9.17) is 15.5 Å². The summed E-state index contributed by atoms with van der Waals surface area (Å²) < 4.78 is 1.85. The van der Waals surface area contributed by atoms with Crippen LogP contribution in [-0.2, 0) is 9.78 Å². The predicted molar refractivity (Wildman–Crippen MR) is 211 cm³/mol. The molecule has 9 nitrogen and oxygen atoms in total. The molecular weight excluding hydrogens is 638 g/mol. The molecule has 0 aromatic carbocycles. The molecule has 3 atom stereocenters. The topological polar surface area (TPSA) is 128 Å². The standard InChI is InChI=1S/C42H73N5O4/c1-4-5-6-7-8-9-10-16-19-22-25-28-31-50-51-34(2)29-26-23-20-17-14-12-11-13-15-18-21-24-27-30-36-35(3)37(32-38(36)48)47-33-44-39-40(47)45-42(43)46-41(39)49/h33,36-38,48H,2-32H2,1H3,(H3,43,45,46,49)/t36-,37-,38-/m0/s1. The van der Waals surface area contributed by atoms with Crippen LogP contribution in [0.5, 0.6) is 0 Å². The average molecular weight is 712 g/mol. The number of nitrogens with two attached hydrogens (primary N) is 1. The Morgan fingerprint density at radius 1 is 0.843 bits per heavy atom. The molecule has 1 fully saturated rings. The molecule has 0 saturated heterocycles. The van der Waals surface area contributed by atoms with Crippen molar-refractivity contribution in [1.82, 2.24) is 19.5 Å². The minimum absolute atomic E-state index is 0.0618. The van der Waals surface area contributed by atoms with Gasteiger partial charge in [0.15, 0.2) is 11.2 Å². The Kier molecular flexibility index (Phi) is 21.9. The second kappa shape index (κ2) is 26.2. The molecule has 290 valence electrons. The Bertz CT molecular complexity index is 1290. The second-order valence-corrected chi connectivity index (χ2v) is 15.2. The number of hydrogen-bond acceptors (Lipinski definition) is 7. The van der Waals surface area contributed by atoms with E-state index in [2.05, 4.69) is 35.0 Å². The molecule has 1 aliphatic carbocycles. The summed E-state index contributed by atoms with van der Waals surface area (Å²) in [6, 6.07) is -0.123. The molecule has 0 aliphatic heterocycles. The third kappa shape index (κ3) is 16.7. The summed E-state index contributed by atoms with van der Waals surface area (Å²) in [5.74, 6) is 0.898. The number of nitrogens with one attached hydrogen (secondary N) is 1. The van der Waals surface area contributed by atoms with E-state index in [1.165, 1.54) is 141 Å². The van der Waals surface area contributed by atoms with Crippen LogP contribution < -0.4 is 11.3 Å². The highest BCUT2D eigenvalue weighted by Gasteiger charge is 2.37. The molecule has 4 N–H and O–H groups in total. The first-order valence-electron chi connectivity index (χ1n) is 21.0. The van der Waals surface area contributed by atoms with E-state index < -0.39 is 6.10 Å². The summed E-state index contributed by atoms with van der Waals surface area (Å²) in [7, 11) is 0. The highest BCUT2D eigenvalue weighted by molar-refractivity contribution is 5.71. The van der Waals surface area contributed by atoms with Gasteiger partial charge in [-0.25, -0.2) is 4.98 Å². The average Bonchev–Trinajstić information content (AvgIpc) is 3.65. The quantitative estimate of drug-likeness (QED) is 0.0226. The number of aromatic amines is 1. The molecule has 51 heavy (non-hydrogen) atoms. The maximum Gasteiger partial charge on any atom is 0.280 e. The molecule has 2 heterocycles. The molecule has 2 aromatic rings. The Hall–Kier alpha value is -2.65. The largest absolute Gasteiger partial charge is 0.392 e. The van der Waals surface area contributed by atoms with Gasteiger partial charge in [-0.2, -0.15) is 9.87 Å². The van der Waals surface area contributed by atoms with Crippen LogP contribution in [0.15, 0.2) is 35.6 Å². The van der Waals surface area contributed by atoms with Gasteiger partial charge in [0.25, 0.3) is 5.56 Å². The van der Waals surface area contributed by atoms with E-state index in [0.29, 0.717) is 18.7 Å². The molecule has 0 unspecified atom stereocenters. The lowest BCUT2D eigenvalue weighted by Gasteiger charge is -2.17. The van der Waals surface area contributed by atoms with Crippen LogP contribution in [0.4, 0.5) is 5.95 Å². The minimum atomic E-state index is -0.439. The third-order valence-electron chi connectivity index (χ3n) is 10.8. The molecular formula is C42H73N5O4. The lowest BCUT2D eigenvalue weighted by Crippen LogP contribution is -2.14. The molecule has 0 spiro atoms. The monoisotopic (exact) mass is 712 g/mol. The highest BCUT2D eigenvalue weighted by atomic mass is 17.2. The van der Waals surface area contributed by atoms with Gasteiger partial charge in [-0.1, -0.05) is 168 Å². The Morgan fingerprint density at radius 2 is 1.35 bits per heavy atom. The van der Waals surface area contributed by atoms with Gasteiger partial charge in [-0.3, -0.25) is 9.78 Å². The lowest BCUT2D eigenvalue weighted by molar-refractivity contribution is -0.264. The normalized spacial score (nSPS) is 17.5. The fourth-order valence-electron chi connectivity index (χ4n) is 7.68. The van der Waals surface area contributed by atoms with Crippen molar-refractivity contribution >= 4 is 17.1 Å². The number of H-pyrrole nitrogens is 1. The van der Waals surface area contributed by atoms with E-state index in [-0.39, 0.29) is 29.0 Å². The Balaban J connectivity index is 1.04. The Morgan fingerprint density at radius 3 is 1.92 bits per heavy atom. The number of anilines is 1. The number of unbranched alkanes of at least 4 members (excludes halogenated alkanes) is 23. The van der Waals surface area contributed by atoms with Crippen molar-refractivity contribution in [2.45, 2.75) is 199 Å². The molecule has 9 heteroatoms. The van der Waals surface area contributed by atoms with E-state index >= 15 is 0 Å². The van der Waals surface area contributed by atoms with Gasteiger partial charge in [-0.15, -0.1) is 0 Å². The van der Waals surface area contributed by atoms with Gasteiger partial charge in [-0.05, 0) is 31.3 Å². The smallest absolute Gasteiger partial charge is 0.280 e. The first-order valence-corrected chi connectivity index (χ1v) is 21.0. The van der Waals surface area contributed by atoms with Crippen LogP contribution >= 0.6 is 0 Å². The SMILES string of the molecule is C=C(CCCCCCCCCCCCCCC[C@H]1C(=C)[C@@H](n2cnc3c(=O)[nH]c(N)nc32)C[C@@H]1O)OOCCCCCCCCCCCCCC. The fourth-order valence-corrected chi connectivity index (χ4v) is 7.68. The Labute approximate surface area is 309 Å². The number of aliphatic hydroxyl groups is 1. The van der Waals surface area contributed by atoms with E-state index in [1.807, 2.05) is 4.57 Å². The molecule has 0 amide bonds. The third-order valence-corrected chi connectivity index (χ3v) is 10.8. The first kappa shape index (κ1) is 42.8. The first-order chi connectivity index (χ1) is 24.9. The van der Waals surface area contributed by atoms with Crippen molar-refractivity contribution in [1.29, 1.82) is 0 Å². The maximum absolute atomic E-state index is 12.2. The van der Waals surface area contributed by atoms with Crippen molar-refractivity contribution < 1.29 is 14.9 Å². The van der Waals surface area contributed by atoms with Crippen LogP contribution in [0, 0.1) is 5.92 Å². The number of rotatable bonds is 32. The second-order valence-electron chi connectivity index (χ2n) is 15.2. The van der Waals surface area contributed by atoms with Crippen LogP contribution in [-0.4, -0.2) is 37.3 Å². The van der Waals surface area contributed by atoms with Gasteiger partial charge in [0.1, 0.15) is 5.76 Å². The number of imidazole rings is 1. The van der Waals surface area contributed by atoms with Crippen LogP contribution in [0.2, 0.25) is 0 Å². The number of allylic oxidation sites excluding steroid dienone is 1. The molecule has 0 radical (unpaired) electrons. The van der Waals surface area contributed by atoms with Crippen molar-refractivity contribution in [2.75, 3.05) is 12.3 Å². The zero-order valence-corrected chi connectivity index (χ0v) is 32.3. The number of fused-ring (bicyclic) bond motifs is 1. The van der Waals surface area contributed by atoms with Crippen LogP contribution in [0.1, 0.15) is 193 Å². The zero-order chi connectivity index (χ0) is 36.5. The van der Waals surface area contributed by atoms with E-state index in [9.17, 15) is 9.90 Å². The molecule has 0 bridgehead atoms. The van der Waals surface area contributed by atoms with Crippen LogP contribution in [0.3, 0.4) is 0 Å². The molecule has 2 aromatic heterocycles.